The third kappa shape index (κ3) is 2.79. The summed E-state index contributed by atoms with van der Waals surface area (Å²) in [6.07, 6.45) is 2.38. The number of hydrogen-bond donors (Lipinski definition) is 2. The molecule has 2 amide bonds. The zero-order valence-corrected chi connectivity index (χ0v) is 13.3. The molecule has 2 aliphatic heterocycles. The second-order valence-electron chi connectivity index (χ2n) is 6.18. The molecule has 0 radical (unpaired) electrons. The Morgan fingerprint density at radius 3 is 2.75 bits per heavy atom. The standard InChI is InChI=1S/C16H19N3O5/c1-24-13-8-10(2-5-17-13)14(21)19-6-3-16(4-7-19)11(15(22)23)9-12(20)18-16/h2,5,8,11H,3-4,6-7,9H2,1H3,(H,18,20)(H,22,23). The van der Waals surface area contributed by atoms with Gasteiger partial charge in [0.05, 0.1) is 18.6 Å². The van der Waals surface area contributed by atoms with Gasteiger partial charge in [0.25, 0.3) is 5.91 Å². The first kappa shape index (κ1) is 16.2. The SMILES string of the molecule is COc1cc(C(=O)N2CCC3(CC2)NC(=O)CC3C(=O)O)ccn1. The van der Waals surface area contributed by atoms with Crippen LogP contribution in [0, 0.1) is 5.92 Å². The predicted molar refractivity (Wildman–Crippen MR) is 82.5 cm³/mol. The Balaban J connectivity index is 1.71. The summed E-state index contributed by atoms with van der Waals surface area (Å²) in [4.78, 5) is 41.3. The number of carboxylic acid groups (broad SMARTS) is 1. The number of likely N-dealkylation sites (tertiary alicyclic amines) is 1. The summed E-state index contributed by atoms with van der Waals surface area (Å²) in [6, 6.07) is 3.19. The number of ether oxygens (including phenoxy) is 1. The van der Waals surface area contributed by atoms with Gasteiger partial charge in [-0.05, 0) is 18.9 Å². The average molecular weight is 333 g/mol. The van der Waals surface area contributed by atoms with Gasteiger partial charge in [-0.25, -0.2) is 4.98 Å². The summed E-state index contributed by atoms with van der Waals surface area (Å²) in [5.41, 5.74) is -0.265. The molecule has 2 saturated heterocycles. The van der Waals surface area contributed by atoms with E-state index in [1.54, 1.807) is 17.0 Å². The van der Waals surface area contributed by atoms with Crippen LogP contribution in [0.25, 0.3) is 0 Å². The molecule has 3 heterocycles. The van der Waals surface area contributed by atoms with Crippen molar-refractivity contribution in [2.45, 2.75) is 24.8 Å². The number of rotatable bonds is 3. The number of piperidine rings is 1. The molecule has 0 aliphatic carbocycles. The number of hydrogen-bond acceptors (Lipinski definition) is 5. The van der Waals surface area contributed by atoms with Gasteiger partial charge >= 0.3 is 5.97 Å². The zero-order chi connectivity index (χ0) is 17.3. The molecule has 2 fully saturated rings. The second-order valence-corrected chi connectivity index (χ2v) is 6.18. The highest BCUT2D eigenvalue weighted by Gasteiger charge is 2.52. The Morgan fingerprint density at radius 2 is 2.12 bits per heavy atom. The Morgan fingerprint density at radius 1 is 1.42 bits per heavy atom. The number of carboxylic acids is 1. The van der Waals surface area contributed by atoms with Crippen LogP contribution >= 0.6 is 0 Å². The largest absolute Gasteiger partial charge is 0.481 e. The first-order valence-corrected chi connectivity index (χ1v) is 7.78. The van der Waals surface area contributed by atoms with E-state index in [4.69, 9.17) is 4.74 Å². The second kappa shape index (κ2) is 6.10. The maximum Gasteiger partial charge on any atom is 0.309 e. The minimum atomic E-state index is -0.966. The van der Waals surface area contributed by atoms with Crippen LogP contribution in [-0.4, -0.2) is 58.5 Å². The van der Waals surface area contributed by atoms with Gasteiger partial charge in [-0.2, -0.15) is 0 Å². The number of aromatic nitrogens is 1. The lowest BCUT2D eigenvalue weighted by Crippen LogP contribution is -2.56. The van der Waals surface area contributed by atoms with Crippen LogP contribution in [0.1, 0.15) is 29.6 Å². The molecule has 2 aliphatic rings. The molecular weight excluding hydrogens is 314 g/mol. The number of carbonyl (C=O) groups excluding carboxylic acids is 2. The summed E-state index contributed by atoms with van der Waals surface area (Å²) in [6.45, 7) is 0.793. The maximum absolute atomic E-state index is 12.6. The molecule has 3 rings (SSSR count). The first-order chi connectivity index (χ1) is 11.4. The smallest absolute Gasteiger partial charge is 0.309 e. The molecule has 1 unspecified atom stereocenters. The van der Waals surface area contributed by atoms with Crippen LogP contribution in [0.15, 0.2) is 18.3 Å². The van der Waals surface area contributed by atoms with E-state index in [1.165, 1.54) is 13.3 Å². The van der Waals surface area contributed by atoms with E-state index in [0.29, 0.717) is 37.4 Å². The fraction of sp³-hybridized carbons (Fsp3) is 0.500. The van der Waals surface area contributed by atoms with E-state index in [1.807, 2.05) is 0 Å². The van der Waals surface area contributed by atoms with Crippen molar-refractivity contribution in [3.8, 4) is 5.88 Å². The molecule has 8 nitrogen and oxygen atoms in total. The summed E-state index contributed by atoms with van der Waals surface area (Å²) in [7, 11) is 1.48. The highest BCUT2D eigenvalue weighted by atomic mass is 16.5. The monoisotopic (exact) mass is 333 g/mol. The summed E-state index contributed by atoms with van der Waals surface area (Å²) < 4.78 is 5.03. The zero-order valence-electron chi connectivity index (χ0n) is 13.3. The van der Waals surface area contributed by atoms with Gasteiger partial charge in [0.2, 0.25) is 11.8 Å². The highest BCUT2D eigenvalue weighted by Crippen LogP contribution is 2.37. The van der Waals surface area contributed by atoms with Crippen LogP contribution in [0.2, 0.25) is 0 Å². The lowest BCUT2D eigenvalue weighted by atomic mass is 9.77. The van der Waals surface area contributed by atoms with E-state index in [2.05, 4.69) is 10.3 Å². The van der Waals surface area contributed by atoms with Crippen LogP contribution in [0.4, 0.5) is 0 Å². The number of methoxy groups -OCH3 is 1. The van der Waals surface area contributed by atoms with E-state index in [0.717, 1.165) is 0 Å². The van der Waals surface area contributed by atoms with E-state index < -0.39 is 17.4 Å². The Kier molecular flexibility index (Phi) is 4.13. The number of pyridine rings is 1. The lowest BCUT2D eigenvalue weighted by Gasteiger charge is -2.41. The molecule has 128 valence electrons. The van der Waals surface area contributed by atoms with Crippen molar-refractivity contribution in [2.75, 3.05) is 20.2 Å². The van der Waals surface area contributed by atoms with Crippen LogP contribution in [0.5, 0.6) is 5.88 Å². The van der Waals surface area contributed by atoms with Gasteiger partial charge in [-0.1, -0.05) is 0 Å². The Hall–Kier alpha value is -2.64. The molecule has 0 bridgehead atoms. The van der Waals surface area contributed by atoms with E-state index in [9.17, 15) is 19.5 Å². The molecule has 24 heavy (non-hydrogen) atoms. The van der Waals surface area contributed by atoms with Crippen molar-refractivity contribution in [1.82, 2.24) is 15.2 Å². The molecule has 1 atom stereocenters. The fourth-order valence-corrected chi connectivity index (χ4v) is 3.54. The average Bonchev–Trinajstić information content (AvgIpc) is 2.91. The van der Waals surface area contributed by atoms with Crippen molar-refractivity contribution in [2.24, 2.45) is 5.92 Å². The molecule has 8 heteroatoms. The number of nitrogens with one attached hydrogen (secondary N) is 1. The van der Waals surface area contributed by atoms with Gasteiger partial charge in [0.1, 0.15) is 0 Å². The van der Waals surface area contributed by atoms with Crippen LogP contribution in [-0.2, 0) is 9.59 Å². The van der Waals surface area contributed by atoms with E-state index >= 15 is 0 Å². The third-order valence-corrected chi connectivity index (χ3v) is 4.88. The summed E-state index contributed by atoms with van der Waals surface area (Å²) in [5, 5.41) is 12.2. The quantitative estimate of drug-likeness (QED) is 0.823. The van der Waals surface area contributed by atoms with Crippen LogP contribution in [0.3, 0.4) is 0 Å². The Bertz CT molecular complexity index is 682. The van der Waals surface area contributed by atoms with E-state index in [-0.39, 0.29) is 18.2 Å². The number of nitrogens with zero attached hydrogens (tertiary/aromatic N) is 2. The van der Waals surface area contributed by atoms with Crippen molar-refractivity contribution in [3.05, 3.63) is 23.9 Å². The molecule has 1 aromatic heterocycles. The topological polar surface area (TPSA) is 109 Å². The molecule has 2 N–H and O–H groups in total. The van der Waals surface area contributed by atoms with Gasteiger partial charge in [0.15, 0.2) is 0 Å². The summed E-state index contributed by atoms with van der Waals surface area (Å²) >= 11 is 0. The molecule has 0 aromatic carbocycles. The molecular formula is C16H19N3O5. The van der Waals surface area contributed by atoms with Crippen molar-refractivity contribution in [1.29, 1.82) is 0 Å². The Labute approximate surface area is 138 Å². The van der Waals surface area contributed by atoms with Crippen molar-refractivity contribution >= 4 is 17.8 Å². The number of amides is 2. The van der Waals surface area contributed by atoms with Crippen molar-refractivity contribution < 1.29 is 24.2 Å². The minimum absolute atomic E-state index is 0.00479. The van der Waals surface area contributed by atoms with Crippen LogP contribution < -0.4 is 10.1 Å². The molecule has 0 saturated carbocycles. The fourth-order valence-electron chi connectivity index (χ4n) is 3.54. The van der Waals surface area contributed by atoms with Crippen molar-refractivity contribution in [3.63, 3.8) is 0 Å². The van der Waals surface area contributed by atoms with Gasteiger partial charge < -0.3 is 20.1 Å². The summed E-state index contributed by atoms with van der Waals surface area (Å²) in [5.74, 6) is -1.72. The predicted octanol–water partition coefficient (Wildman–Crippen LogP) is 0.286. The normalized spacial score (nSPS) is 22.3. The number of carbonyl (C=O) groups is 3. The minimum Gasteiger partial charge on any atom is -0.481 e. The number of aliphatic carboxylic acids is 1. The molecule has 1 spiro atoms. The van der Waals surface area contributed by atoms with Gasteiger partial charge in [-0.15, -0.1) is 0 Å². The first-order valence-electron chi connectivity index (χ1n) is 7.78. The van der Waals surface area contributed by atoms with Gasteiger partial charge in [-0.3, -0.25) is 14.4 Å². The highest BCUT2D eigenvalue weighted by molar-refractivity contribution is 5.94. The van der Waals surface area contributed by atoms with Gasteiger partial charge in [0, 0.05) is 37.3 Å². The third-order valence-electron chi connectivity index (χ3n) is 4.88. The lowest BCUT2D eigenvalue weighted by molar-refractivity contribution is -0.144. The maximum atomic E-state index is 12.6. The molecule has 1 aromatic rings.